The van der Waals surface area contributed by atoms with Gasteiger partial charge in [-0.05, 0) is 0 Å². The van der Waals surface area contributed by atoms with Gasteiger partial charge >= 0.3 is 5.97 Å². The molecular weight excluding hydrogens is 228 g/mol. The van der Waals surface area contributed by atoms with Crippen LogP contribution in [0.25, 0.3) is 0 Å². The summed E-state index contributed by atoms with van der Waals surface area (Å²) in [6.45, 7) is 4.19. The predicted octanol–water partition coefficient (Wildman–Crippen LogP) is 0.602. The van der Waals surface area contributed by atoms with Crippen LogP contribution in [0.4, 0.5) is 0 Å². The van der Waals surface area contributed by atoms with Crippen LogP contribution in [-0.2, 0) is 22.5 Å². The van der Waals surface area contributed by atoms with Gasteiger partial charge in [0.1, 0.15) is 5.01 Å². The maximum Gasteiger partial charge on any atom is 0.309 e. The van der Waals surface area contributed by atoms with Gasteiger partial charge in [-0.3, -0.25) is 9.69 Å². The molecule has 0 aliphatic carbocycles. The van der Waals surface area contributed by atoms with Crippen molar-refractivity contribution in [1.82, 2.24) is 9.88 Å². The number of hydrogen-bond acceptors (Lipinski definition) is 5. The molecule has 0 unspecified atom stereocenters. The second kappa shape index (κ2) is 5.38. The first kappa shape index (κ1) is 11.5. The molecule has 0 spiro atoms. The predicted molar refractivity (Wildman–Crippen MR) is 59.5 cm³/mol. The number of rotatable bonds is 4. The molecule has 0 aromatic carbocycles. The number of morpholine rings is 1. The van der Waals surface area contributed by atoms with E-state index < -0.39 is 5.97 Å². The number of carbonyl (C=O) groups is 1. The minimum atomic E-state index is -0.830. The largest absolute Gasteiger partial charge is 0.481 e. The van der Waals surface area contributed by atoms with E-state index in [0.29, 0.717) is 5.69 Å². The SMILES string of the molecule is O=C(O)Cc1csc(CN2CCOCC2)n1. The van der Waals surface area contributed by atoms with Crippen LogP contribution >= 0.6 is 11.3 Å². The van der Waals surface area contributed by atoms with Gasteiger partial charge in [-0.15, -0.1) is 11.3 Å². The van der Waals surface area contributed by atoms with Crippen LogP contribution in [-0.4, -0.2) is 47.3 Å². The van der Waals surface area contributed by atoms with E-state index in [4.69, 9.17) is 9.84 Å². The van der Waals surface area contributed by atoms with Gasteiger partial charge < -0.3 is 9.84 Å². The number of nitrogens with zero attached hydrogens (tertiary/aromatic N) is 2. The van der Waals surface area contributed by atoms with Crippen LogP contribution in [0.1, 0.15) is 10.7 Å². The number of ether oxygens (including phenoxy) is 1. The molecule has 0 atom stereocenters. The Balaban J connectivity index is 1.88. The molecule has 6 heteroatoms. The molecule has 5 nitrogen and oxygen atoms in total. The summed E-state index contributed by atoms with van der Waals surface area (Å²) in [5.41, 5.74) is 0.653. The summed E-state index contributed by atoms with van der Waals surface area (Å²) in [6.07, 6.45) is 0.0135. The summed E-state index contributed by atoms with van der Waals surface area (Å²) < 4.78 is 5.26. The second-order valence-electron chi connectivity index (χ2n) is 3.69. The van der Waals surface area contributed by atoms with E-state index in [2.05, 4.69) is 9.88 Å². The van der Waals surface area contributed by atoms with Gasteiger partial charge in [0.25, 0.3) is 0 Å². The van der Waals surface area contributed by atoms with Gasteiger partial charge in [0.15, 0.2) is 0 Å². The molecule has 0 amide bonds. The fourth-order valence-corrected chi connectivity index (χ4v) is 2.44. The summed E-state index contributed by atoms with van der Waals surface area (Å²) in [5.74, 6) is -0.830. The Morgan fingerprint density at radius 3 is 3.00 bits per heavy atom. The molecule has 16 heavy (non-hydrogen) atoms. The minimum absolute atomic E-state index is 0.0135. The summed E-state index contributed by atoms with van der Waals surface area (Å²) in [4.78, 5) is 17.1. The fourth-order valence-electron chi connectivity index (χ4n) is 1.61. The van der Waals surface area contributed by atoms with E-state index in [9.17, 15) is 4.79 Å². The Hall–Kier alpha value is -0.980. The van der Waals surface area contributed by atoms with E-state index in [1.807, 2.05) is 5.38 Å². The number of carboxylic acid groups (broad SMARTS) is 1. The zero-order chi connectivity index (χ0) is 11.4. The lowest BCUT2D eigenvalue weighted by molar-refractivity contribution is -0.136. The second-order valence-corrected chi connectivity index (χ2v) is 4.63. The summed E-state index contributed by atoms with van der Waals surface area (Å²) in [6, 6.07) is 0. The third-order valence-electron chi connectivity index (χ3n) is 2.39. The number of thiazole rings is 1. The highest BCUT2D eigenvalue weighted by Crippen LogP contribution is 2.13. The van der Waals surface area contributed by atoms with Crippen LogP contribution < -0.4 is 0 Å². The quantitative estimate of drug-likeness (QED) is 0.837. The lowest BCUT2D eigenvalue weighted by Crippen LogP contribution is -2.35. The monoisotopic (exact) mass is 242 g/mol. The molecule has 1 aliphatic rings. The molecule has 0 saturated carbocycles. The van der Waals surface area contributed by atoms with Gasteiger partial charge in [-0.1, -0.05) is 0 Å². The van der Waals surface area contributed by atoms with Gasteiger partial charge in [-0.25, -0.2) is 4.98 Å². The molecule has 2 heterocycles. The lowest BCUT2D eigenvalue weighted by Gasteiger charge is -2.25. The standard InChI is InChI=1S/C10H14N2O3S/c13-10(14)5-8-7-16-9(11-8)6-12-1-3-15-4-2-12/h7H,1-6H2,(H,13,14). The number of carboxylic acids is 1. The normalized spacial score (nSPS) is 17.5. The van der Waals surface area contributed by atoms with Gasteiger partial charge in [-0.2, -0.15) is 0 Å². The molecule has 0 bridgehead atoms. The Kier molecular flexibility index (Phi) is 3.87. The highest BCUT2D eigenvalue weighted by molar-refractivity contribution is 7.09. The maximum atomic E-state index is 10.5. The van der Waals surface area contributed by atoms with Crippen molar-refractivity contribution < 1.29 is 14.6 Å². The smallest absolute Gasteiger partial charge is 0.309 e. The Morgan fingerprint density at radius 2 is 2.31 bits per heavy atom. The van der Waals surface area contributed by atoms with Crippen LogP contribution in [0.15, 0.2) is 5.38 Å². The molecule has 1 aliphatic heterocycles. The molecular formula is C10H14N2O3S. The van der Waals surface area contributed by atoms with Crippen molar-refractivity contribution in [1.29, 1.82) is 0 Å². The molecule has 1 aromatic rings. The highest BCUT2D eigenvalue weighted by Gasteiger charge is 2.13. The lowest BCUT2D eigenvalue weighted by atomic mass is 10.3. The van der Waals surface area contributed by atoms with Crippen molar-refractivity contribution in [3.63, 3.8) is 0 Å². The molecule has 1 aromatic heterocycles. The van der Waals surface area contributed by atoms with Gasteiger partial charge in [0, 0.05) is 18.5 Å². The van der Waals surface area contributed by atoms with Crippen molar-refractivity contribution in [2.45, 2.75) is 13.0 Å². The van der Waals surface area contributed by atoms with E-state index in [-0.39, 0.29) is 6.42 Å². The minimum Gasteiger partial charge on any atom is -0.481 e. The van der Waals surface area contributed by atoms with Gasteiger partial charge in [0.2, 0.25) is 0 Å². The first-order chi connectivity index (χ1) is 7.74. The zero-order valence-electron chi connectivity index (χ0n) is 8.89. The molecule has 88 valence electrons. The highest BCUT2D eigenvalue weighted by atomic mass is 32.1. The molecule has 1 fully saturated rings. The molecule has 1 saturated heterocycles. The van der Waals surface area contributed by atoms with Crippen LogP contribution in [0.3, 0.4) is 0 Å². The molecule has 1 N–H and O–H groups in total. The summed E-state index contributed by atoms with van der Waals surface area (Å²) in [5, 5.41) is 11.4. The zero-order valence-corrected chi connectivity index (χ0v) is 9.70. The molecule has 0 radical (unpaired) electrons. The van der Waals surface area contributed by atoms with E-state index in [1.54, 1.807) is 0 Å². The van der Waals surface area contributed by atoms with E-state index >= 15 is 0 Å². The first-order valence-corrected chi connectivity index (χ1v) is 6.07. The van der Waals surface area contributed by atoms with Crippen molar-refractivity contribution in [2.75, 3.05) is 26.3 Å². The van der Waals surface area contributed by atoms with Crippen molar-refractivity contribution in [3.05, 3.63) is 16.1 Å². The Bertz CT molecular complexity index is 361. The number of aromatic nitrogens is 1. The third-order valence-corrected chi connectivity index (χ3v) is 3.28. The maximum absolute atomic E-state index is 10.5. The van der Waals surface area contributed by atoms with Crippen LogP contribution in [0.5, 0.6) is 0 Å². The van der Waals surface area contributed by atoms with Crippen molar-refractivity contribution in [3.8, 4) is 0 Å². The summed E-state index contributed by atoms with van der Waals surface area (Å²) >= 11 is 1.53. The topological polar surface area (TPSA) is 62.7 Å². The van der Waals surface area contributed by atoms with Crippen LogP contribution in [0, 0.1) is 0 Å². The molecule has 2 rings (SSSR count). The number of hydrogen-bond donors (Lipinski definition) is 1. The Morgan fingerprint density at radius 1 is 1.56 bits per heavy atom. The van der Waals surface area contributed by atoms with Crippen molar-refractivity contribution in [2.24, 2.45) is 0 Å². The van der Waals surface area contributed by atoms with Crippen LogP contribution in [0.2, 0.25) is 0 Å². The average Bonchev–Trinajstić information content (AvgIpc) is 2.66. The third kappa shape index (κ3) is 3.26. The number of aliphatic carboxylic acids is 1. The van der Waals surface area contributed by atoms with E-state index in [1.165, 1.54) is 11.3 Å². The average molecular weight is 242 g/mol. The fraction of sp³-hybridized carbons (Fsp3) is 0.600. The Labute approximate surface area is 97.7 Å². The van der Waals surface area contributed by atoms with E-state index in [0.717, 1.165) is 37.9 Å². The first-order valence-electron chi connectivity index (χ1n) is 5.19. The van der Waals surface area contributed by atoms with Gasteiger partial charge in [0.05, 0.1) is 31.9 Å². The van der Waals surface area contributed by atoms with Crippen molar-refractivity contribution >= 4 is 17.3 Å². The summed E-state index contributed by atoms with van der Waals surface area (Å²) in [7, 11) is 0.